The number of nitrogens with one attached hydrogen (secondary N) is 3. The number of primary amides is 1. The van der Waals surface area contributed by atoms with Gasteiger partial charge in [0.05, 0.1) is 12.1 Å². The first-order chi connectivity index (χ1) is 22.7. The van der Waals surface area contributed by atoms with E-state index in [1.54, 1.807) is 20.7 Å². The maximum absolute atomic E-state index is 13.2. The lowest BCUT2D eigenvalue weighted by atomic mass is 9.58. The number of aliphatic hydroxyl groups excluding tert-OH is 1. The van der Waals surface area contributed by atoms with Gasteiger partial charge in [0.15, 0.2) is 11.6 Å². The van der Waals surface area contributed by atoms with Crippen LogP contribution in [0.2, 0.25) is 12.6 Å². The largest absolute Gasteiger partial charge is 0.450 e. The van der Waals surface area contributed by atoms with Gasteiger partial charge in [-0.1, -0.05) is 72.5 Å². The first-order valence-corrected chi connectivity index (χ1v) is 18.5. The number of hydrogen-bond donors (Lipinski definition) is 7. The highest BCUT2D eigenvalue weighted by molar-refractivity contribution is 6.50. The van der Waals surface area contributed by atoms with E-state index in [1.807, 2.05) is 0 Å². The summed E-state index contributed by atoms with van der Waals surface area (Å²) in [5.74, 6) is -4.31. The van der Waals surface area contributed by atoms with Crippen LogP contribution in [0.3, 0.4) is 0 Å². The Morgan fingerprint density at radius 1 is 0.729 bits per heavy atom. The predicted molar refractivity (Wildman–Crippen MR) is 192 cm³/mol. The van der Waals surface area contributed by atoms with Gasteiger partial charge in [-0.25, -0.2) is 0 Å². The summed E-state index contributed by atoms with van der Waals surface area (Å²) in [6.45, 7) is 9.84. The Morgan fingerprint density at radius 2 is 1.33 bits per heavy atom. The molecule has 6 atom stereocenters. The number of ketones is 2. The first-order valence-electron chi connectivity index (χ1n) is 18.5. The molecule has 12 nitrogen and oxygen atoms in total. The maximum Gasteiger partial charge on any atom is 0.289 e. The van der Waals surface area contributed by atoms with Gasteiger partial charge in [-0.3, -0.25) is 24.0 Å². The Labute approximate surface area is 290 Å². The van der Waals surface area contributed by atoms with Gasteiger partial charge < -0.3 is 37.5 Å². The van der Waals surface area contributed by atoms with Crippen molar-refractivity contribution in [3.63, 3.8) is 0 Å². The number of hydrogen-bond acceptors (Lipinski definition) is 9. The molecule has 0 aromatic heterocycles. The third-order valence-electron chi connectivity index (χ3n) is 9.01. The zero-order valence-electron chi connectivity index (χ0n) is 30.6. The molecule has 9 N–H and O–H groups in total. The summed E-state index contributed by atoms with van der Waals surface area (Å²) in [7, 11) is 0. The van der Waals surface area contributed by atoms with E-state index in [-0.39, 0.29) is 30.9 Å². The number of aliphatic hydroxyl groups is 1. The van der Waals surface area contributed by atoms with Crippen molar-refractivity contribution in [2.75, 3.05) is 19.6 Å². The molecular weight excluding hydrogens is 613 g/mol. The van der Waals surface area contributed by atoms with Gasteiger partial charge in [0.2, 0.25) is 17.7 Å². The minimum atomic E-state index is -1.28. The predicted octanol–water partition coefficient (Wildman–Crippen LogP) is 3.03. The Kier molecular flexibility index (Phi) is 26.1. The Balaban J connectivity index is 5.05. The van der Waals surface area contributed by atoms with Crippen LogP contribution in [-0.4, -0.2) is 84.2 Å². The molecule has 0 aliphatic rings. The van der Waals surface area contributed by atoms with Crippen molar-refractivity contribution < 1.29 is 34.1 Å². The Morgan fingerprint density at radius 3 is 1.90 bits per heavy atom. The standard InChI is InChI=1S/C35H68BN5O7/c1-6-7-8-9-10-11-12-15-20-39-21-16-17-28(24-32(38)45)35(47)41-33(27(4)42)31(44)22-25(2)34(46)40-29(18-13-14-19-37)30(43)23-26(3)36(5)48/h25-29,33,39,42,48H,6-24,37H2,1-5H3,(H2,38,45)(H,40,46)(H,41,47)/t25-,26-,27-,28+,29+,33+/m1/s1. The lowest BCUT2D eigenvalue weighted by molar-refractivity contribution is -0.136. The van der Waals surface area contributed by atoms with Gasteiger partial charge in [-0.2, -0.15) is 0 Å². The number of amides is 3. The molecule has 0 aromatic carbocycles. The first kappa shape index (κ1) is 45.7. The van der Waals surface area contributed by atoms with Crippen LogP contribution in [0.15, 0.2) is 0 Å². The summed E-state index contributed by atoms with van der Waals surface area (Å²) in [6.07, 6.45) is 11.0. The molecule has 0 saturated heterocycles. The molecule has 0 bridgehead atoms. The smallest absolute Gasteiger partial charge is 0.289 e. The van der Waals surface area contributed by atoms with Gasteiger partial charge in [0.1, 0.15) is 6.04 Å². The van der Waals surface area contributed by atoms with E-state index < -0.39 is 60.4 Å². The number of carbonyl (C=O) groups is 5. The van der Waals surface area contributed by atoms with Crippen LogP contribution < -0.4 is 27.4 Å². The molecule has 0 saturated carbocycles. The average Bonchev–Trinajstić information content (AvgIpc) is 3.02. The Bertz CT molecular complexity index is 937. The fraction of sp³-hybridized carbons (Fsp3) is 0.857. The molecule has 48 heavy (non-hydrogen) atoms. The quantitative estimate of drug-likeness (QED) is 0.0422. The monoisotopic (exact) mass is 682 g/mol. The van der Waals surface area contributed by atoms with Crippen molar-refractivity contribution in [3.05, 3.63) is 0 Å². The van der Waals surface area contributed by atoms with Crippen LogP contribution in [0.1, 0.15) is 130 Å². The summed E-state index contributed by atoms with van der Waals surface area (Å²) < 4.78 is 0. The third-order valence-corrected chi connectivity index (χ3v) is 9.01. The van der Waals surface area contributed by atoms with Gasteiger partial charge in [-0.15, -0.1) is 0 Å². The molecule has 0 fully saturated rings. The van der Waals surface area contributed by atoms with E-state index >= 15 is 0 Å². The second-order valence-electron chi connectivity index (χ2n) is 13.8. The lowest BCUT2D eigenvalue weighted by Gasteiger charge is -2.25. The fourth-order valence-corrected chi connectivity index (χ4v) is 5.56. The highest BCUT2D eigenvalue weighted by atomic mass is 16.3. The second kappa shape index (κ2) is 27.5. The van der Waals surface area contributed by atoms with Crippen LogP contribution in [0.25, 0.3) is 0 Å². The summed E-state index contributed by atoms with van der Waals surface area (Å²) in [5.41, 5.74) is 11.0. The fourth-order valence-electron chi connectivity index (χ4n) is 5.56. The molecule has 0 aliphatic heterocycles. The molecule has 0 aromatic rings. The molecular formula is C35H68BN5O7. The van der Waals surface area contributed by atoms with Crippen molar-refractivity contribution in [1.29, 1.82) is 0 Å². The van der Waals surface area contributed by atoms with Crippen LogP contribution in [0.5, 0.6) is 0 Å². The van der Waals surface area contributed by atoms with E-state index in [4.69, 9.17) is 11.5 Å². The van der Waals surface area contributed by atoms with E-state index in [9.17, 15) is 34.1 Å². The van der Waals surface area contributed by atoms with E-state index in [0.717, 1.165) is 13.0 Å². The van der Waals surface area contributed by atoms with Crippen LogP contribution >= 0.6 is 0 Å². The summed E-state index contributed by atoms with van der Waals surface area (Å²) in [4.78, 5) is 64.2. The normalized spacial score (nSPS) is 15.1. The third kappa shape index (κ3) is 21.6. The highest BCUT2D eigenvalue weighted by Crippen LogP contribution is 2.18. The average molecular weight is 682 g/mol. The summed E-state index contributed by atoms with van der Waals surface area (Å²) in [6, 6.07) is -2.06. The van der Waals surface area contributed by atoms with Gasteiger partial charge in [0.25, 0.3) is 6.92 Å². The molecule has 0 rings (SSSR count). The molecule has 3 amide bonds. The number of rotatable bonds is 31. The van der Waals surface area contributed by atoms with E-state index in [1.165, 1.54) is 51.9 Å². The summed E-state index contributed by atoms with van der Waals surface area (Å²) in [5, 5.41) is 29.0. The molecule has 0 heterocycles. The molecule has 0 spiro atoms. The topological polar surface area (TPSA) is 214 Å². The van der Waals surface area contributed by atoms with Crippen molar-refractivity contribution in [2.24, 2.45) is 23.3 Å². The number of Topliss-reactive ketones (excluding diaryl/α,β-unsaturated/α-hetero) is 2. The van der Waals surface area contributed by atoms with Crippen molar-refractivity contribution in [3.8, 4) is 0 Å². The zero-order chi connectivity index (χ0) is 36.5. The summed E-state index contributed by atoms with van der Waals surface area (Å²) >= 11 is 0. The van der Waals surface area contributed by atoms with Gasteiger partial charge in [-0.05, 0) is 70.9 Å². The maximum atomic E-state index is 13.2. The number of nitrogens with two attached hydrogens (primary N) is 2. The lowest BCUT2D eigenvalue weighted by Crippen LogP contribution is -2.51. The molecule has 0 radical (unpaired) electrons. The highest BCUT2D eigenvalue weighted by Gasteiger charge is 2.32. The zero-order valence-corrected chi connectivity index (χ0v) is 30.6. The van der Waals surface area contributed by atoms with Crippen LogP contribution in [0, 0.1) is 11.8 Å². The molecule has 13 heteroatoms. The minimum Gasteiger partial charge on any atom is -0.450 e. The van der Waals surface area contributed by atoms with E-state index in [0.29, 0.717) is 45.2 Å². The second-order valence-corrected chi connectivity index (χ2v) is 13.8. The van der Waals surface area contributed by atoms with E-state index in [2.05, 4.69) is 22.9 Å². The number of carbonyl (C=O) groups excluding carboxylic acids is 5. The number of unbranched alkanes of at least 4 members (excludes halogenated alkanes) is 8. The van der Waals surface area contributed by atoms with Crippen LogP contribution in [0.4, 0.5) is 0 Å². The Hall–Kier alpha value is -2.35. The molecule has 0 unspecified atom stereocenters. The molecule has 278 valence electrons. The van der Waals surface area contributed by atoms with Crippen molar-refractivity contribution in [2.45, 2.75) is 161 Å². The molecule has 0 aliphatic carbocycles. The van der Waals surface area contributed by atoms with Crippen molar-refractivity contribution >= 4 is 36.2 Å². The van der Waals surface area contributed by atoms with Crippen LogP contribution in [-0.2, 0) is 24.0 Å². The minimum absolute atomic E-state index is 0.0937. The van der Waals surface area contributed by atoms with Gasteiger partial charge in [0, 0.05) is 31.1 Å². The van der Waals surface area contributed by atoms with Gasteiger partial charge >= 0.3 is 0 Å². The SMILES string of the molecule is CCCCCCCCCCNCCC[C@@H](CC(N)=O)C(=O)N[C@H](C(=O)C[C@@H](C)C(=O)N[C@@H](CCCCN)C(=O)C[C@@H](C)B(C)O)[C@@H](C)O. The van der Waals surface area contributed by atoms with Crippen molar-refractivity contribution in [1.82, 2.24) is 16.0 Å².